The van der Waals surface area contributed by atoms with E-state index >= 15 is 0 Å². The van der Waals surface area contributed by atoms with E-state index in [-0.39, 0.29) is 17.5 Å². The first-order valence-corrected chi connectivity index (χ1v) is 7.21. The monoisotopic (exact) mass is 322 g/mol. The van der Waals surface area contributed by atoms with Gasteiger partial charge in [0.25, 0.3) is 5.56 Å². The van der Waals surface area contributed by atoms with Crippen molar-refractivity contribution in [2.75, 3.05) is 5.73 Å². The van der Waals surface area contributed by atoms with Crippen molar-refractivity contribution in [2.24, 2.45) is 0 Å². The third-order valence-corrected chi connectivity index (χ3v) is 4.78. The number of hydrogen-bond donors (Lipinski definition) is 1. The van der Waals surface area contributed by atoms with Crippen molar-refractivity contribution < 1.29 is 0 Å². The summed E-state index contributed by atoms with van der Waals surface area (Å²) < 4.78 is 2.39. The minimum absolute atomic E-state index is 0.0185. The Kier molecular flexibility index (Phi) is 3.05. The van der Waals surface area contributed by atoms with Gasteiger partial charge < -0.3 is 5.73 Å². The summed E-state index contributed by atoms with van der Waals surface area (Å²) in [5.41, 5.74) is 7.19. The summed E-state index contributed by atoms with van der Waals surface area (Å²) in [6.07, 6.45) is 6.06. The molecule has 1 aliphatic rings. The van der Waals surface area contributed by atoms with E-state index in [9.17, 15) is 4.79 Å². The van der Waals surface area contributed by atoms with Crippen LogP contribution in [-0.4, -0.2) is 14.5 Å². The standard InChI is InChI=1S/C13H15BrN4O/c1-7-9-6-16-13(15)17-11(9)18(12(19)10(7)14)8-4-2-3-5-8/h6,8H,2-5H2,1H3,(H2,15,16,17). The van der Waals surface area contributed by atoms with E-state index in [1.165, 1.54) is 0 Å². The Balaban J connectivity index is 2.40. The predicted molar refractivity (Wildman–Crippen MR) is 78.2 cm³/mol. The summed E-state index contributed by atoms with van der Waals surface area (Å²) in [6.45, 7) is 1.90. The number of halogens is 1. The molecule has 3 rings (SSSR count). The van der Waals surface area contributed by atoms with Crippen LogP contribution >= 0.6 is 15.9 Å². The van der Waals surface area contributed by atoms with E-state index in [4.69, 9.17) is 5.73 Å². The molecule has 0 aromatic carbocycles. The summed E-state index contributed by atoms with van der Waals surface area (Å²) >= 11 is 3.40. The molecule has 0 bridgehead atoms. The second-order valence-corrected chi connectivity index (χ2v) is 5.81. The maximum atomic E-state index is 12.5. The minimum atomic E-state index is -0.0185. The number of fused-ring (bicyclic) bond motifs is 1. The number of rotatable bonds is 1. The first kappa shape index (κ1) is 12.6. The van der Waals surface area contributed by atoms with E-state index in [1.54, 1.807) is 10.8 Å². The molecule has 0 amide bonds. The molecule has 5 nitrogen and oxygen atoms in total. The molecule has 2 aromatic heterocycles. The number of nitrogen functional groups attached to an aromatic ring is 1. The third kappa shape index (κ3) is 1.94. The third-order valence-electron chi connectivity index (χ3n) is 3.85. The number of pyridine rings is 1. The van der Waals surface area contributed by atoms with E-state index in [2.05, 4.69) is 25.9 Å². The highest BCUT2D eigenvalue weighted by atomic mass is 79.9. The van der Waals surface area contributed by atoms with Gasteiger partial charge in [0.2, 0.25) is 5.95 Å². The lowest BCUT2D eigenvalue weighted by Crippen LogP contribution is -2.26. The molecule has 2 heterocycles. The smallest absolute Gasteiger partial charge is 0.267 e. The zero-order chi connectivity index (χ0) is 13.6. The number of aryl methyl sites for hydroxylation is 1. The molecule has 0 spiro atoms. The van der Waals surface area contributed by atoms with Crippen LogP contribution in [0, 0.1) is 6.92 Å². The highest BCUT2D eigenvalue weighted by molar-refractivity contribution is 9.10. The first-order chi connectivity index (χ1) is 9.09. The summed E-state index contributed by atoms with van der Waals surface area (Å²) in [5, 5.41) is 0.882. The van der Waals surface area contributed by atoms with Crippen LogP contribution in [0.5, 0.6) is 0 Å². The largest absolute Gasteiger partial charge is 0.368 e. The van der Waals surface area contributed by atoms with Crippen molar-refractivity contribution in [1.29, 1.82) is 0 Å². The van der Waals surface area contributed by atoms with Crippen molar-refractivity contribution in [3.05, 3.63) is 26.6 Å². The van der Waals surface area contributed by atoms with Gasteiger partial charge in [-0.05, 0) is 41.3 Å². The van der Waals surface area contributed by atoms with Gasteiger partial charge in [-0.1, -0.05) is 12.8 Å². The Morgan fingerprint density at radius 3 is 2.79 bits per heavy atom. The highest BCUT2D eigenvalue weighted by Gasteiger charge is 2.23. The number of nitrogens with zero attached hydrogens (tertiary/aromatic N) is 3. The summed E-state index contributed by atoms with van der Waals surface area (Å²) in [7, 11) is 0. The van der Waals surface area contributed by atoms with E-state index in [1.807, 2.05) is 6.92 Å². The Bertz CT molecular complexity index is 704. The second-order valence-electron chi connectivity index (χ2n) is 5.02. The van der Waals surface area contributed by atoms with Crippen LogP contribution in [0.1, 0.15) is 37.3 Å². The maximum absolute atomic E-state index is 12.5. The molecule has 1 aliphatic carbocycles. The summed E-state index contributed by atoms with van der Waals surface area (Å²) in [5.74, 6) is 0.209. The second kappa shape index (κ2) is 4.59. The topological polar surface area (TPSA) is 73.8 Å². The average molecular weight is 323 g/mol. The van der Waals surface area contributed by atoms with Crippen molar-refractivity contribution >= 4 is 32.9 Å². The molecular weight excluding hydrogens is 308 g/mol. The molecule has 19 heavy (non-hydrogen) atoms. The fourth-order valence-electron chi connectivity index (χ4n) is 2.82. The SMILES string of the molecule is Cc1c(Br)c(=O)n(C2CCCC2)c2nc(N)ncc12. The van der Waals surface area contributed by atoms with Gasteiger partial charge in [0.1, 0.15) is 5.65 Å². The molecule has 0 saturated heterocycles. The Labute approximate surface area is 119 Å². The molecule has 100 valence electrons. The van der Waals surface area contributed by atoms with Crippen LogP contribution in [0.4, 0.5) is 5.95 Å². The van der Waals surface area contributed by atoms with Gasteiger partial charge in [0, 0.05) is 17.6 Å². The molecule has 1 saturated carbocycles. The van der Waals surface area contributed by atoms with Crippen LogP contribution in [0.2, 0.25) is 0 Å². The van der Waals surface area contributed by atoms with Crippen molar-refractivity contribution in [3.63, 3.8) is 0 Å². The number of hydrogen-bond acceptors (Lipinski definition) is 4. The molecule has 0 radical (unpaired) electrons. The van der Waals surface area contributed by atoms with Crippen LogP contribution in [0.15, 0.2) is 15.5 Å². The van der Waals surface area contributed by atoms with Gasteiger partial charge in [-0.3, -0.25) is 9.36 Å². The van der Waals surface area contributed by atoms with Crippen LogP contribution in [0.25, 0.3) is 11.0 Å². The summed E-state index contributed by atoms with van der Waals surface area (Å²) in [6, 6.07) is 0.223. The van der Waals surface area contributed by atoms with Gasteiger partial charge in [0.15, 0.2) is 0 Å². The van der Waals surface area contributed by atoms with Gasteiger partial charge in [-0.25, -0.2) is 4.98 Å². The highest BCUT2D eigenvalue weighted by Crippen LogP contribution is 2.32. The van der Waals surface area contributed by atoms with Crippen molar-refractivity contribution in [1.82, 2.24) is 14.5 Å². The quantitative estimate of drug-likeness (QED) is 0.875. The van der Waals surface area contributed by atoms with Crippen molar-refractivity contribution in [2.45, 2.75) is 38.6 Å². The van der Waals surface area contributed by atoms with Crippen LogP contribution in [-0.2, 0) is 0 Å². The molecule has 0 unspecified atom stereocenters. The predicted octanol–water partition coefficient (Wildman–Crippen LogP) is 2.56. The van der Waals surface area contributed by atoms with Crippen LogP contribution < -0.4 is 11.3 Å². The maximum Gasteiger partial charge on any atom is 0.267 e. The number of aromatic nitrogens is 3. The lowest BCUT2D eigenvalue weighted by atomic mass is 10.1. The van der Waals surface area contributed by atoms with Gasteiger partial charge in [-0.15, -0.1) is 0 Å². The lowest BCUT2D eigenvalue weighted by molar-refractivity contribution is 0.514. The molecule has 1 fully saturated rings. The summed E-state index contributed by atoms with van der Waals surface area (Å²) in [4.78, 5) is 20.8. The molecule has 0 aliphatic heterocycles. The van der Waals surface area contributed by atoms with Crippen molar-refractivity contribution in [3.8, 4) is 0 Å². The zero-order valence-electron chi connectivity index (χ0n) is 10.7. The van der Waals surface area contributed by atoms with Gasteiger partial charge >= 0.3 is 0 Å². The molecule has 0 atom stereocenters. The fourth-order valence-corrected chi connectivity index (χ4v) is 3.22. The Morgan fingerprint density at radius 2 is 2.11 bits per heavy atom. The average Bonchev–Trinajstić information content (AvgIpc) is 2.90. The Morgan fingerprint density at radius 1 is 1.42 bits per heavy atom. The fraction of sp³-hybridized carbons (Fsp3) is 0.462. The lowest BCUT2D eigenvalue weighted by Gasteiger charge is -2.18. The molecule has 2 N–H and O–H groups in total. The van der Waals surface area contributed by atoms with Gasteiger partial charge in [0.05, 0.1) is 4.47 Å². The Hall–Kier alpha value is -1.43. The van der Waals surface area contributed by atoms with E-state index in [0.717, 1.165) is 36.6 Å². The van der Waals surface area contributed by atoms with Crippen LogP contribution in [0.3, 0.4) is 0 Å². The normalized spacial score (nSPS) is 16.3. The van der Waals surface area contributed by atoms with E-state index < -0.39 is 0 Å². The molecular formula is C13H15BrN4O. The number of nitrogens with two attached hydrogens (primary N) is 1. The molecule has 6 heteroatoms. The minimum Gasteiger partial charge on any atom is -0.368 e. The molecule has 2 aromatic rings. The van der Waals surface area contributed by atoms with E-state index in [0.29, 0.717) is 10.1 Å². The van der Waals surface area contributed by atoms with Gasteiger partial charge in [-0.2, -0.15) is 4.98 Å². The first-order valence-electron chi connectivity index (χ1n) is 6.42. The zero-order valence-corrected chi connectivity index (χ0v) is 12.3. The number of anilines is 1.